The van der Waals surface area contributed by atoms with Gasteiger partial charge in [-0.3, -0.25) is 0 Å². The van der Waals surface area contributed by atoms with Gasteiger partial charge in [-0.1, -0.05) is 59.2 Å². The Morgan fingerprint density at radius 1 is 1.13 bits per heavy atom. The summed E-state index contributed by atoms with van der Waals surface area (Å²) in [6.45, 7) is 0. The predicted molar refractivity (Wildman–Crippen MR) is 87.6 cm³/mol. The fourth-order valence-corrected chi connectivity index (χ4v) is 2.19. The highest BCUT2D eigenvalue weighted by atomic mass is 35.5. The van der Waals surface area contributed by atoms with Crippen molar-refractivity contribution in [3.05, 3.63) is 70.9 Å². The summed E-state index contributed by atoms with van der Waals surface area (Å²) in [6, 6.07) is 16.1. The smallest absolute Gasteiger partial charge is 0.358 e. The number of carboxylic acid groups (broad SMARTS) is 1. The molecule has 114 valence electrons. The van der Waals surface area contributed by atoms with Gasteiger partial charge in [-0.25, -0.2) is 9.79 Å². The summed E-state index contributed by atoms with van der Waals surface area (Å²) in [6.07, 6.45) is 1.56. The molecule has 0 saturated heterocycles. The number of carbonyl (C=O) groups is 1. The molecule has 1 aromatic heterocycles. The van der Waals surface area contributed by atoms with Gasteiger partial charge in [-0.2, -0.15) is 0 Å². The second-order valence-electron chi connectivity index (χ2n) is 4.69. The molecule has 1 N–H and O–H groups in total. The van der Waals surface area contributed by atoms with Crippen molar-refractivity contribution < 1.29 is 14.4 Å². The van der Waals surface area contributed by atoms with Crippen LogP contribution >= 0.6 is 11.6 Å². The summed E-state index contributed by atoms with van der Waals surface area (Å²) in [5.74, 6) is -1.02. The number of nitrogens with zero attached hydrogens (tertiary/aromatic N) is 2. The van der Waals surface area contributed by atoms with Crippen LogP contribution in [0, 0.1) is 0 Å². The minimum absolute atomic E-state index is 0.142. The molecule has 0 bridgehead atoms. The first-order valence-corrected chi connectivity index (χ1v) is 7.11. The second-order valence-corrected chi connectivity index (χ2v) is 5.13. The Morgan fingerprint density at radius 2 is 1.83 bits per heavy atom. The molecule has 0 amide bonds. The quantitative estimate of drug-likeness (QED) is 0.719. The summed E-state index contributed by atoms with van der Waals surface area (Å²) in [4.78, 5) is 15.6. The zero-order chi connectivity index (χ0) is 16.2. The third-order valence-corrected chi connectivity index (χ3v) is 3.39. The predicted octanol–water partition coefficient (Wildman–Crippen LogP) is 4.44. The Kier molecular flexibility index (Phi) is 4.21. The molecule has 1 heterocycles. The molecule has 0 aliphatic rings. The van der Waals surface area contributed by atoms with E-state index in [4.69, 9.17) is 16.1 Å². The van der Waals surface area contributed by atoms with Crippen LogP contribution in [-0.4, -0.2) is 22.4 Å². The molecule has 23 heavy (non-hydrogen) atoms. The number of aromatic carboxylic acids is 1. The fraction of sp³-hybridized carbons (Fsp3) is 0. The molecule has 0 unspecified atom stereocenters. The van der Waals surface area contributed by atoms with E-state index in [0.717, 1.165) is 5.56 Å². The molecule has 0 radical (unpaired) electrons. The van der Waals surface area contributed by atoms with Gasteiger partial charge < -0.3 is 9.63 Å². The maximum atomic E-state index is 11.3. The molecule has 2 aromatic carbocycles. The van der Waals surface area contributed by atoms with Gasteiger partial charge >= 0.3 is 5.97 Å². The van der Waals surface area contributed by atoms with Crippen LogP contribution in [0.4, 0.5) is 5.88 Å². The Hall–Kier alpha value is -2.92. The van der Waals surface area contributed by atoms with Crippen molar-refractivity contribution >= 4 is 29.7 Å². The molecular weight excluding hydrogens is 316 g/mol. The van der Waals surface area contributed by atoms with Crippen LogP contribution in [0.15, 0.2) is 64.1 Å². The Balaban J connectivity index is 2.03. The first-order valence-electron chi connectivity index (χ1n) is 6.73. The molecule has 5 nitrogen and oxygen atoms in total. The lowest BCUT2D eigenvalue weighted by Crippen LogP contribution is -1.98. The van der Waals surface area contributed by atoms with E-state index in [0.29, 0.717) is 16.1 Å². The van der Waals surface area contributed by atoms with Gasteiger partial charge in [-0.15, -0.1) is 0 Å². The van der Waals surface area contributed by atoms with Crippen LogP contribution < -0.4 is 0 Å². The molecule has 0 spiro atoms. The third-order valence-electron chi connectivity index (χ3n) is 3.14. The van der Waals surface area contributed by atoms with Crippen LogP contribution in [0.25, 0.3) is 11.1 Å². The van der Waals surface area contributed by atoms with Crippen molar-refractivity contribution in [2.75, 3.05) is 0 Å². The maximum Gasteiger partial charge on any atom is 0.358 e. The monoisotopic (exact) mass is 326 g/mol. The van der Waals surface area contributed by atoms with E-state index in [9.17, 15) is 9.90 Å². The minimum atomic E-state index is -1.17. The first kappa shape index (κ1) is 15.0. The third kappa shape index (κ3) is 3.30. The number of rotatable bonds is 4. The van der Waals surface area contributed by atoms with Crippen LogP contribution in [0.3, 0.4) is 0 Å². The summed E-state index contributed by atoms with van der Waals surface area (Å²) in [5.41, 5.74) is 1.67. The second kappa shape index (κ2) is 6.46. The van der Waals surface area contributed by atoms with Crippen molar-refractivity contribution in [2.24, 2.45) is 4.99 Å². The van der Waals surface area contributed by atoms with Crippen molar-refractivity contribution in [3.63, 3.8) is 0 Å². The van der Waals surface area contributed by atoms with Gasteiger partial charge in [-0.05, 0) is 23.3 Å². The average Bonchev–Trinajstić information content (AvgIpc) is 2.99. The summed E-state index contributed by atoms with van der Waals surface area (Å²) in [5, 5.41) is 13.5. The van der Waals surface area contributed by atoms with Gasteiger partial charge in [0.2, 0.25) is 5.69 Å². The van der Waals surface area contributed by atoms with Crippen LogP contribution in [0.5, 0.6) is 0 Å². The van der Waals surface area contributed by atoms with Crippen LogP contribution in [-0.2, 0) is 0 Å². The molecule has 3 aromatic rings. The molecule has 0 aliphatic heterocycles. The number of benzene rings is 2. The zero-order valence-electron chi connectivity index (χ0n) is 11.8. The molecule has 0 saturated carbocycles. The lowest BCUT2D eigenvalue weighted by molar-refractivity contribution is 0.0686. The molecule has 3 rings (SSSR count). The summed E-state index contributed by atoms with van der Waals surface area (Å²) in [7, 11) is 0. The lowest BCUT2D eigenvalue weighted by Gasteiger charge is -1.99. The van der Waals surface area contributed by atoms with Crippen molar-refractivity contribution in [2.45, 2.75) is 0 Å². The largest absolute Gasteiger partial charge is 0.476 e. The van der Waals surface area contributed by atoms with Crippen molar-refractivity contribution in [3.8, 4) is 11.1 Å². The van der Waals surface area contributed by atoms with Gasteiger partial charge in [0.25, 0.3) is 5.88 Å². The normalized spacial score (nSPS) is 11.0. The number of aromatic nitrogens is 1. The van der Waals surface area contributed by atoms with Gasteiger partial charge in [0.15, 0.2) is 0 Å². The fourth-order valence-electron chi connectivity index (χ4n) is 2.06. The highest BCUT2D eigenvalue weighted by Gasteiger charge is 2.22. The lowest BCUT2D eigenvalue weighted by atomic mass is 10.1. The number of carboxylic acids is 1. The molecule has 0 aliphatic carbocycles. The molecule has 0 atom stereocenters. The molecule has 6 heteroatoms. The van der Waals surface area contributed by atoms with E-state index >= 15 is 0 Å². The Labute approximate surface area is 136 Å². The standard InChI is InChI=1S/C17H11ClN2O3/c18-13-8-6-11(7-9-13)10-19-16-14(12-4-2-1-3-5-12)15(17(21)22)20-23-16/h1-10H,(H,21,22)/b19-10+. The minimum Gasteiger partial charge on any atom is -0.476 e. The van der Waals surface area contributed by atoms with Crippen LogP contribution in [0.1, 0.15) is 16.1 Å². The van der Waals surface area contributed by atoms with E-state index in [1.807, 2.05) is 6.07 Å². The summed E-state index contributed by atoms with van der Waals surface area (Å²) >= 11 is 5.83. The number of halogens is 1. The number of aliphatic imine (C=N–C) groups is 1. The topological polar surface area (TPSA) is 75.7 Å². The number of hydrogen-bond acceptors (Lipinski definition) is 4. The Morgan fingerprint density at radius 3 is 2.48 bits per heavy atom. The van der Waals surface area contributed by atoms with E-state index in [1.54, 1.807) is 54.7 Å². The number of hydrogen-bond donors (Lipinski definition) is 1. The zero-order valence-corrected chi connectivity index (χ0v) is 12.6. The van der Waals surface area contributed by atoms with Gasteiger partial charge in [0.05, 0.1) is 5.56 Å². The molecule has 0 fully saturated rings. The van der Waals surface area contributed by atoms with Crippen LogP contribution in [0.2, 0.25) is 5.02 Å². The van der Waals surface area contributed by atoms with E-state index in [1.165, 1.54) is 0 Å². The van der Waals surface area contributed by atoms with Gasteiger partial charge in [0.1, 0.15) is 0 Å². The molecular formula is C17H11ClN2O3. The van der Waals surface area contributed by atoms with Crippen molar-refractivity contribution in [1.29, 1.82) is 0 Å². The maximum absolute atomic E-state index is 11.3. The van der Waals surface area contributed by atoms with E-state index in [2.05, 4.69) is 10.1 Å². The van der Waals surface area contributed by atoms with Gasteiger partial charge in [0, 0.05) is 11.2 Å². The highest BCUT2D eigenvalue weighted by molar-refractivity contribution is 6.30. The SMILES string of the molecule is O=C(O)c1noc(/N=C/c2ccc(Cl)cc2)c1-c1ccccc1. The average molecular weight is 327 g/mol. The highest BCUT2D eigenvalue weighted by Crippen LogP contribution is 2.33. The Bertz CT molecular complexity index is 855. The van der Waals surface area contributed by atoms with Crippen molar-refractivity contribution in [1.82, 2.24) is 5.16 Å². The van der Waals surface area contributed by atoms with E-state index < -0.39 is 5.97 Å². The summed E-state index contributed by atoms with van der Waals surface area (Å²) < 4.78 is 5.10. The first-order chi connectivity index (χ1) is 11.1. The van der Waals surface area contributed by atoms with E-state index in [-0.39, 0.29) is 11.6 Å².